The lowest BCUT2D eigenvalue weighted by atomic mass is 10.1. The number of aromatic nitrogens is 2. The normalized spacial score (nSPS) is 15.8. The Morgan fingerprint density at radius 2 is 1.67 bits per heavy atom. The van der Waals surface area contributed by atoms with E-state index in [0.717, 1.165) is 12.1 Å². The number of epoxide rings is 1. The van der Waals surface area contributed by atoms with Gasteiger partial charge in [0.2, 0.25) is 17.8 Å². The average Bonchev–Trinajstić information content (AvgIpc) is 3.84. The van der Waals surface area contributed by atoms with Crippen molar-refractivity contribution in [2.24, 2.45) is 5.92 Å². The van der Waals surface area contributed by atoms with Crippen LogP contribution >= 0.6 is 0 Å². The first-order chi connectivity index (χ1) is 23.4. The Labute approximate surface area is 280 Å². The molecule has 0 radical (unpaired) electrons. The Morgan fingerprint density at radius 1 is 0.939 bits per heavy atom. The van der Waals surface area contributed by atoms with Crippen LogP contribution in [0.1, 0.15) is 46.5 Å². The third-order valence-corrected chi connectivity index (χ3v) is 7.48. The molecule has 3 atom stereocenters. The number of ether oxygens (including phenoxy) is 1. The van der Waals surface area contributed by atoms with E-state index in [9.17, 15) is 27.6 Å². The molecule has 1 aliphatic rings. The number of alkyl halides is 3. The van der Waals surface area contributed by atoms with Crippen LogP contribution in [0.15, 0.2) is 91.8 Å². The molecule has 1 fully saturated rings. The van der Waals surface area contributed by atoms with Crippen molar-refractivity contribution in [3.8, 4) is 0 Å². The molecule has 0 bridgehead atoms. The molecule has 3 aromatic carbocycles. The number of hydrogen-bond donors (Lipinski definition) is 5. The molecule has 3 amide bonds. The maximum Gasteiger partial charge on any atom is 0.416 e. The SMILES string of the molecule is C=CC(=O)NCC(C)CC(=O)Nc1cccc(Nc2ncc(NC(=O)c3cc(NC4OC4c4cccc(C(F)(F)F)c4)ccc3C)cn2)c1. The standard InChI is InChI=1S/C35H34F3N7O4/c1-4-29(46)39-17-20(2)13-30(47)42-24-9-6-10-25(15-24)45-34-40-18-27(19-41-34)43-32(48)28-16-26(12-11-21(28)3)44-33-31(49-33)22-7-5-8-23(14-22)35(36,37)38/h4-12,14-16,18-20,31,33,44H,1,13,17H2,2-3H3,(H,39,46)(H,42,47)(H,43,48)(H,40,41,45). The first-order valence-electron chi connectivity index (χ1n) is 15.3. The van der Waals surface area contributed by atoms with Crippen molar-refractivity contribution < 1.29 is 32.3 Å². The van der Waals surface area contributed by atoms with E-state index in [2.05, 4.69) is 43.1 Å². The monoisotopic (exact) mass is 673 g/mol. The van der Waals surface area contributed by atoms with Gasteiger partial charge in [-0.05, 0) is 72.5 Å². The molecule has 0 saturated carbocycles. The minimum atomic E-state index is -4.45. The summed E-state index contributed by atoms with van der Waals surface area (Å²) in [5.74, 6) is -0.717. The summed E-state index contributed by atoms with van der Waals surface area (Å²) >= 11 is 0. The molecule has 1 saturated heterocycles. The molecule has 1 aliphatic heterocycles. The van der Waals surface area contributed by atoms with Gasteiger partial charge in [0.1, 0.15) is 6.10 Å². The molecular formula is C35H34F3N7O4. The van der Waals surface area contributed by atoms with E-state index in [0.29, 0.717) is 46.0 Å². The summed E-state index contributed by atoms with van der Waals surface area (Å²) in [6.07, 6.45) is -1.26. The van der Waals surface area contributed by atoms with Gasteiger partial charge in [-0.3, -0.25) is 14.4 Å². The number of amides is 3. The van der Waals surface area contributed by atoms with Crippen LogP contribution in [0.3, 0.4) is 0 Å². The van der Waals surface area contributed by atoms with Crippen molar-refractivity contribution in [2.45, 2.75) is 38.8 Å². The van der Waals surface area contributed by atoms with Gasteiger partial charge in [-0.2, -0.15) is 13.2 Å². The molecule has 49 heavy (non-hydrogen) atoms. The minimum Gasteiger partial charge on any atom is -0.358 e. The van der Waals surface area contributed by atoms with E-state index in [1.54, 1.807) is 55.5 Å². The number of carbonyl (C=O) groups excluding carboxylic acids is 3. The van der Waals surface area contributed by atoms with E-state index >= 15 is 0 Å². The highest BCUT2D eigenvalue weighted by atomic mass is 19.4. The predicted molar refractivity (Wildman–Crippen MR) is 179 cm³/mol. The van der Waals surface area contributed by atoms with Gasteiger partial charge in [0.15, 0.2) is 6.23 Å². The van der Waals surface area contributed by atoms with Crippen LogP contribution in [0.5, 0.6) is 0 Å². The molecular weight excluding hydrogens is 639 g/mol. The molecule has 1 aromatic heterocycles. The fourth-order valence-electron chi connectivity index (χ4n) is 4.90. The Kier molecular flexibility index (Phi) is 10.6. The molecule has 254 valence electrons. The number of nitrogens with zero attached hydrogens (tertiary/aromatic N) is 2. The fourth-order valence-corrected chi connectivity index (χ4v) is 4.90. The van der Waals surface area contributed by atoms with Crippen LogP contribution in [0, 0.1) is 12.8 Å². The number of anilines is 5. The molecule has 5 N–H and O–H groups in total. The fraction of sp³-hybridized carbons (Fsp3) is 0.229. The van der Waals surface area contributed by atoms with Gasteiger partial charge in [-0.1, -0.05) is 37.8 Å². The second-order valence-corrected chi connectivity index (χ2v) is 11.5. The number of rotatable bonds is 13. The average molecular weight is 674 g/mol. The Hall–Kier alpha value is -5.76. The highest BCUT2D eigenvalue weighted by Gasteiger charge is 2.41. The van der Waals surface area contributed by atoms with Crippen molar-refractivity contribution in [2.75, 3.05) is 27.8 Å². The molecule has 14 heteroatoms. The molecule has 2 heterocycles. The van der Waals surface area contributed by atoms with Crippen LogP contribution in [-0.2, 0) is 20.5 Å². The van der Waals surface area contributed by atoms with Gasteiger partial charge in [0, 0.05) is 35.6 Å². The molecule has 11 nitrogen and oxygen atoms in total. The number of benzene rings is 3. The summed E-state index contributed by atoms with van der Waals surface area (Å²) in [6, 6.07) is 17.2. The topological polar surface area (TPSA) is 150 Å². The summed E-state index contributed by atoms with van der Waals surface area (Å²) < 4.78 is 44.9. The zero-order valence-electron chi connectivity index (χ0n) is 26.6. The lowest BCUT2D eigenvalue weighted by Crippen LogP contribution is -2.28. The van der Waals surface area contributed by atoms with Gasteiger partial charge >= 0.3 is 6.18 Å². The number of aryl methyl sites for hydroxylation is 1. The van der Waals surface area contributed by atoms with Crippen molar-refractivity contribution in [1.29, 1.82) is 0 Å². The quantitative estimate of drug-likeness (QED) is 0.0790. The smallest absolute Gasteiger partial charge is 0.358 e. The zero-order valence-corrected chi connectivity index (χ0v) is 26.6. The number of halogens is 3. The van der Waals surface area contributed by atoms with E-state index in [4.69, 9.17) is 4.74 Å². The summed E-state index contributed by atoms with van der Waals surface area (Å²) in [5, 5.41) is 14.5. The number of carbonyl (C=O) groups is 3. The Bertz CT molecular complexity index is 1850. The molecule has 4 aromatic rings. The Morgan fingerprint density at radius 3 is 2.41 bits per heavy atom. The van der Waals surface area contributed by atoms with Gasteiger partial charge in [0.25, 0.3) is 5.91 Å². The van der Waals surface area contributed by atoms with Crippen molar-refractivity contribution >= 4 is 46.4 Å². The summed E-state index contributed by atoms with van der Waals surface area (Å²) in [7, 11) is 0. The van der Waals surface area contributed by atoms with Gasteiger partial charge in [-0.25, -0.2) is 9.97 Å². The van der Waals surface area contributed by atoms with Crippen LogP contribution in [-0.4, -0.2) is 40.5 Å². The zero-order chi connectivity index (χ0) is 35.1. The van der Waals surface area contributed by atoms with Crippen molar-refractivity contribution in [1.82, 2.24) is 15.3 Å². The number of nitrogens with one attached hydrogen (secondary N) is 5. The van der Waals surface area contributed by atoms with Crippen LogP contribution in [0.4, 0.5) is 41.9 Å². The third-order valence-electron chi connectivity index (χ3n) is 7.48. The van der Waals surface area contributed by atoms with E-state index in [-0.39, 0.29) is 30.1 Å². The second kappa shape index (κ2) is 15.0. The summed E-state index contributed by atoms with van der Waals surface area (Å²) in [6.45, 7) is 7.39. The molecule has 5 rings (SSSR count). The van der Waals surface area contributed by atoms with E-state index in [1.165, 1.54) is 24.5 Å². The summed E-state index contributed by atoms with van der Waals surface area (Å²) in [4.78, 5) is 45.5. The molecule has 0 spiro atoms. The van der Waals surface area contributed by atoms with Gasteiger partial charge in [-0.15, -0.1) is 0 Å². The van der Waals surface area contributed by atoms with E-state index < -0.39 is 30.0 Å². The van der Waals surface area contributed by atoms with Crippen LogP contribution in [0.25, 0.3) is 0 Å². The van der Waals surface area contributed by atoms with E-state index in [1.807, 2.05) is 6.92 Å². The number of hydrogen-bond acceptors (Lipinski definition) is 8. The Balaban J connectivity index is 1.14. The second-order valence-electron chi connectivity index (χ2n) is 11.5. The maximum atomic E-state index is 13.1. The lowest BCUT2D eigenvalue weighted by molar-refractivity contribution is -0.137. The van der Waals surface area contributed by atoms with Crippen LogP contribution in [0.2, 0.25) is 0 Å². The predicted octanol–water partition coefficient (Wildman–Crippen LogP) is 6.58. The van der Waals surface area contributed by atoms with Gasteiger partial charge < -0.3 is 31.3 Å². The van der Waals surface area contributed by atoms with Crippen molar-refractivity contribution in [3.63, 3.8) is 0 Å². The highest BCUT2D eigenvalue weighted by Crippen LogP contribution is 2.41. The highest BCUT2D eigenvalue weighted by molar-refractivity contribution is 6.05. The largest absolute Gasteiger partial charge is 0.416 e. The first-order valence-corrected chi connectivity index (χ1v) is 15.3. The van der Waals surface area contributed by atoms with Crippen LogP contribution < -0.4 is 26.6 Å². The molecule has 3 unspecified atom stereocenters. The first kappa shape index (κ1) is 34.6. The van der Waals surface area contributed by atoms with Gasteiger partial charge in [0.05, 0.1) is 23.6 Å². The third kappa shape index (κ3) is 9.64. The van der Waals surface area contributed by atoms with Crippen molar-refractivity contribution in [3.05, 3.63) is 114 Å². The molecule has 0 aliphatic carbocycles. The maximum absolute atomic E-state index is 13.1. The minimum absolute atomic E-state index is 0.0755. The summed E-state index contributed by atoms with van der Waals surface area (Å²) in [5.41, 5.74) is 2.84. The lowest BCUT2D eigenvalue weighted by Gasteiger charge is -2.13.